The Kier molecular flexibility index (Phi) is 9.63. The first kappa shape index (κ1) is 33.7. The van der Waals surface area contributed by atoms with Gasteiger partial charge in [-0.3, -0.25) is 14.4 Å². The molecule has 3 aromatic carbocycles. The quantitative estimate of drug-likeness (QED) is 0.109. The molecular weight excluding hydrogens is 713 g/mol. The molecule has 0 unspecified atom stereocenters. The Hall–Kier alpha value is -2.21. The second kappa shape index (κ2) is 12.3. The summed E-state index contributed by atoms with van der Waals surface area (Å²) in [5, 5.41) is 1.90. The summed E-state index contributed by atoms with van der Waals surface area (Å²) in [7, 11) is 0. The van der Waals surface area contributed by atoms with Gasteiger partial charge in [0.25, 0.3) is 0 Å². The molecule has 0 saturated heterocycles. The van der Waals surface area contributed by atoms with Crippen molar-refractivity contribution >= 4 is 92.8 Å². The third-order valence-corrected chi connectivity index (χ3v) is 9.09. The van der Waals surface area contributed by atoms with Gasteiger partial charge in [0.2, 0.25) is 11.7 Å². The van der Waals surface area contributed by atoms with Crippen LogP contribution in [-0.2, 0) is 22.4 Å². The Morgan fingerprint density at radius 3 is 2.02 bits per heavy atom. The van der Waals surface area contributed by atoms with Crippen molar-refractivity contribution in [3.05, 3.63) is 96.2 Å². The molecule has 1 aliphatic rings. The van der Waals surface area contributed by atoms with Crippen LogP contribution in [0.5, 0.6) is 0 Å². The third kappa shape index (κ3) is 6.89. The second-order valence-corrected chi connectivity index (χ2v) is 12.4. The number of halogens is 12. The number of hydrogen-bond acceptors (Lipinski definition) is 3. The minimum absolute atomic E-state index is 0.0730. The molecule has 1 saturated carbocycles. The van der Waals surface area contributed by atoms with Crippen LogP contribution in [0.4, 0.5) is 32.0 Å². The van der Waals surface area contributed by atoms with E-state index in [0.29, 0.717) is 11.6 Å². The van der Waals surface area contributed by atoms with Crippen molar-refractivity contribution in [3.8, 4) is 0 Å². The number of nitrogens with one attached hydrogen (secondary N) is 1. The van der Waals surface area contributed by atoms with Crippen molar-refractivity contribution in [2.24, 2.45) is 5.92 Å². The van der Waals surface area contributed by atoms with E-state index in [1.165, 1.54) is 12.1 Å². The van der Waals surface area contributed by atoms with Gasteiger partial charge >= 0.3 is 6.18 Å². The minimum atomic E-state index is -5.34. The third-order valence-electron chi connectivity index (χ3n) is 6.57. The van der Waals surface area contributed by atoms with E-state index in [0.717, 1.165) is 18.2 Å². The van der Waals surface area contributed by atoms with Crippen LogP contribution < -0.4 is 5.32 Å². The van der Waals surface area contributed by atoms with Gasteiger partial charge in [-0.15, -0.1) is 23.2 Å². The predicted octanol–water partition coefficient (Wildman–Crippen LogP) is 9.34. The number of amides is 1. The highest BCUT2D eigenvalue weighted by Gasteiger charge is 2.67. The lowest BCUT2D eigenvalue weighted by Gasteiger charge is -2.12. The van der Waals surface area contributed by atoms with E-state index in [1.54, 1.807) is 0 Å². The standard InChI is InChI=1S/C27H13Cl6F6NO3/c28-14-3-10(4-15(29)23(14)31)20-21(26(20,32)33)25(43)40-11-6-13(22(30)17(35)7-11)18(41)5-9-1-2-16(34)12(24(9)36)8-19(42)27(37,38)39/h1-4,6-7,20-21H,5,8H2,(H,40,43)/t20-,21+/m0/s1. The molecule has 1 N–H and O–H groups in total. The van der Waals surface area contributed by atoms with Gasteiger partial charge < -0.3 is 5.32 Å². The number of ketones is 2. The molecule has 0 aliphatic heterocycles. The topological polar surface area (TPSA) is 63.2 Å². The van der Waals surface area contributed by atoms with E-state index < -0.39 is 91.8 Å². The van der Waals surface area contributed by atoms with Crippen LogP contribution >= 0.6 is 69.6 Å². The summed E-state index contributed by atoms with van der Waals surface area (Å²) in [5.74, 6) is -10.3. The van der Waals surface area contributed by atoms with E-state index in [2.05, 4.69) is 5.32 Å². The van der Waals surface area contributed by atoms with Gasteiger partial charge in [-0.05, 0) is 41.5 Å². The lowest BCUT2D eigenvalue weighted by Crippen LogP contribution is -2.25. The number of hydrogen-bond donors (Lipinski definition) is 1. The van der Waals surface area contributed by atoms with Gasteiger partial charge in [-0.1, -0.05) is 52.5 Å². The highest BCUT2D eigenvalue weighted by molar-refractivity contribution is 6.54. The van der Waals surface area contributed by atoms with Gasteiger partial charge in [-0.25, -0.2) is 13.2 Å². The molecule has 4 nitrogen and oxygen atoms in total. The maximum absolute atomic E-state index is 14.9. The Balaban J connectivity index is 1.56. The Labute approximate surface area is 269 Å². The summed E-state index contributed by atoms with van der Waals surface area (Å²) in [4.78, 5) is 37.3. The van der Waals surface area contributed by atoms with E-state index >= 15 is 0 Å². The summed E-state index contributed by atoms with van der Waals surface area (Å²) in [6.07, 6.45) is -7.90. The highest BCUT2D eigenvalue weighted by Crippen LogP contribution is 2.65. The zero-order valence-corrected chi connectivity index (χ0v) is 25.3. The van der Waals surface area contributed by atoms with Gasteiger partial charge in [0, 0.05) is 35.6 Å². The predicted molar refractivity (Wildman–Crippen MR) is 151 cm³/mol. The maximum atomic E-state index is 14.9. The average Bonchev–Trinajstić information content (AvgIpc) is 3.49. The van der Waals surface area contributed by atoms with Crippen LogP contribution in [0.3, 0.4) is 0 Å². The fourth-order valence-corrected chi connectivity index (χ4v) is 6.04. The van der Waals surface area contributed by atoms with Gasteiger partial charge in [0.1, 0.15) is 21.8 Å². The molecule has 0 bridgehead atoms. The Morgan fingerprint density at radius 2 is 1.44 bits per heavy atom. The van der Waals surface area contributed by atoms with Crippen LogP contribution in [0.15, 0.2) is 36.4 Å². The molecule has 16 heteroatoms. The number of carbonyl (C=O) groups is 3. The molecular formula is C27H13Cl6F6NO3. The zero-order valence-electron chi connectivity index (χ0n) is 20.8. The van der Waals surface area contributed by atoms with E-state index in [-0.39, 0.29) is 20.8 Å². The number of Topliss-reactive ketones (excluding diaryl/α,β-unsaturated/α-hetero) is 2. The van der Waals surface area contributed by atoms with Crippen molar-refractivity contribution in [2.75, 3.05) is 5.32 Å². The van der Waals surface area contributed by atoms with Crippen LogP contribution in [0.2, 0.25) is 20.1 Å². The van der Waals surface area contributed by atoms with Crippen molar-refractivity contribution in [1.82, 2.24) is 0 Å². The Bertz CT molecular complexity index is 1660. The summed E-state index contributed by atoms with van der Waals surface area (Å²) in [5.41, 5.74) is -2.20. The zero-order chi connectivity index (χ0) is 32.2. The summed E-state index contributed by atoms with van der Waals surface area (Å²) >= 11 is 36.7. The van der Waals surface area contributed by atoms with Gasteiger partial charge in [-0.2, -0.15) is 13.2 Å². The summed E-state index contributed by atoms with van der Waals surface area (Å²) < 4.78 is 79.9. The molecule has 0 heterocycles. The number of rotatable bonds is 8. The monoisotopic (exact) mass is 723 g/mol. The van der Waals surface area contributed by atoms with Crippen LogP contribution in [0, 0.1) is 23.4 Å². The smallest absolute Gasteiger partial charge is 0.326 e. The van der Waals surface area contributed by atoms with Crippen molar-refractivity contribution in [2.45, 2.75) is 29.3 Å². The van der Waals surface area contributed by atoms with Crippen LogP contribution in [0.25, 0.3) is 0 Å². The molecule has 1 aliphatic carbocycles. The van der Waals surface area contributed by atoms with E-state index in [9.17, 15) is 40.7 Å². The molecule has 4 rings (SSSR count). The first-order valence-corrected chi connectivity index (χ1v) is 14.0. The lowest BCUT2D eigenvalue weighted by atomic mass is 9.97. The molecule has 1 fully saturated rings. The highest BCUT2D eigenvalue weighted by atomic mass is 35.5. The second-order valence-electron chi connectivity index (χ2n) is 9.43. The van der Waals surface area contributed by atoms with E-state index in [1.807, 2.05) is 0 Å². The fraction of sp³-hybridized carbons (Fsp3) is 0.222. The number of alkyl halides is 5. The normalized spacial score (nSPS) is 17.5. The van der Waals surface area contributed by atoms with Crippen LogP contribution in [0.1, 0.15) is 33.0 Å². The SMILES string of the molecule is O=C(Cc1ccc(F)c(CC(=O)C(F)(F)F)c1F)c1cc(NC(=O)[C@H]2[C@H](c3cc(Cl)c(Cl)c(Cl)c3)C2(Cl)Cl)cc(F)c1Cl. The van der Waals surface area contributed by atoms with Crippen LogP contribution in [-0.4, -0.2) is 28.0 Å². The van der Waals surface area contributed by atoms with E-state index in [4.69, 9.17) is 69.6 Å². The number of benzene rings is 3. The molecule has 2 atom stereocenters. The lowest BCUT2D eigenvalue weighted by molar-refractivity contribution is -0.170. The van der Waals surface area contributed by atoms with Gasteiger partial charge in [0.15, 0.2) is 5.78 Å². The molecule has 0 radical (unpaired) electrons. The van der Waals surface area contributed by atoms with Crippen molar-refractivity contribution in [3.63, 3.8) is 0 Å². The molecule has 3 aromatic rings. The summed E-state index contributed by atoms with van der Waals surface area (Å²) in [6.45, 7) is 0. The maximum Gasteiger partial charge on any atom is 0.450 e. The molecule has 43 heavy (non-hydrogen) atoms. The molecule has 228 valence electrons. The molecule has 0 aromatic heterocycles. The Morgan fingerprint density at radius 1 is 0.837 bits per heavy atom. The van der Waals surface area contributed by atoms with Crippen molar-refractivity contribution < 1.29 is 40.7 Å². The largest absolute Gasteiger partial charge is 0.450 e. The van der Waals surface area contributed by atoms with Gasteiger partial charge in [0.05, 0.1) is 26.0 Å². The minimum Gasteiger partial charge on any atom is -0.326 e. The molecule has 1 amide bonds. The number of anilines is 1. The first-order valence-electron chi connectivity index (χ1n) is 11.8. The first-order chi connectivity index (χ1) is 19.8. The molecule has 0 spiro atoms. The summed E-state index contributed by atoms with van der Waals surface area (Å²) in [6, 6.07) is 5.97. The number of carbonyl (C=O) groups excluding carboxylic acids is 3. The average molecular weight is 726 g/mol. The van der Waals surface area contributed by atoms with Crippen molar-refractivity contribution in [1.29, 1.82) is 0 Å². The fourth-order valence-electron chi connectivity index (χ4n) is 4.38.